The van der Waals surface area contributed by atoms with Gasteiger partial charge in [-0.25, -0.2) is 9.88 Å². The van der Waals surface area contributed by atoms with Gasteiger partial charge >= 0.3 is 11.5 Å². The number of carboxylic acid groups (broad SMARTS) is 1. The van der Waals surface area contributed by atoms with Gasteiger partial charge in [0.1, 0.15) is 6.04 Å². The van der Waals surface area contributed by atoms with Crippen LogP contribution in [0.2, 0.25) is 0 Å². The molecule has 2 rings (SSSR count). The van der Waals surface area contributed by atoms with Gasteiger partial charge in [-0.3, -0.25) is 10.1 Å². The van der Waals surface area contributed by atoms with Crippen LogP contribution in [0.4, 0.5) is 11.5 Å². The molecule has 1 aromatic heterocycles. The molecule has 0 radical (unpaired) electrons. The average Bonchev–Trinajstić information content (AvgIpc) is 2.77. The first-order valence-corrected chi connectivity index (χ1v) is 5.24. The molecular weight excluding hydrogens is 226 g/mol. The van der Waals surface area contributed by atoms with Crippen molar-refractivity contribution in [2.24, 2.45) is 0 Å². The van der Waals surface area contributed by atoms with E-state index < -0.39 is 16.9 Å². The van der Waals surface area contributed by atoms with Crippen LogP contribution in [-0.2, 0) is 4.79 Å². The number of nitrogens with zero attached hydrogens (tertiary/aromatic N) is 2. The maximum absolute atomic E-state index is 10.9. The smallest absolute Gasteiger partial charge is 0.357 e. The predicted octanol–water partition coefficient (Wildman–Crippen LogP) is -0.872. The first-order valence-electron chi connectivity index (χ1n) is 5.24. The zero-order valence-corrected chi connectivity index (χ0v) is 8.96. The number of rotatable bonds is 3. The van der Waals surface area contributed by atoms with E-state index in [-0.39, 0.29) is 11.5 Å². The summed E-state index contributed by atoms with van der Waals surface area (Å²) >= 11 is 0. The minimum Gasteiger partial charge on any atom is -0.546 e. The summed E-state index contributed by atoms with van der Waals surface area (Å²) in [5, 5.41) is 21.8. The lowest BCUT2D eigenvalue weighted by atomic mass is 10.2. The van der Waals surface area contributed by atoms with Crippen LogP contribution in [0.25, 0.3) is 0 Å². The SMILES string of the molecule is O=C([O-])[C@@H]1CCCN1c1[nH+]cccc1[N+](=O)[O-]. The third-order valence-electron chi connectivity index (χ3n) is 2.82. The summed E-state index contributed by atoms with van der Waals surface area (Å²) < 4.78 is 0. The van der Waals surface area contributed by atoms with Crippen LogP contribution < -0.4 is 15.0 Å². The molecule has 90 valence electrons. The highest BCUT2D eigenvalue weighted by molar-refractivity contribution is 5.77. The number of pyridine rings is 1. The van der Waals surface area contributed by atoms with Crippen molar-refractivity contribution >= 4 is 17.5 Å². The fraction of sp³-hybridized carbons (Fsp3) is 0.400. The van der Waals surface area contributed by atoms with Crippen molar-refractivity contribution in [3.8, 4) is 0 Å². The standard InChI is InChI=1S/C10H11N3O4/c14-10(15)8-4-2-6-12(8)9-7(13(16)17)3-1-5-11-9/h1,3,5,8H,2,4,6H2,(H,14,15)/t8-/m0/s1. The Labute approximate surface area is 96.8 Å². The van der Waals surface area contributed by atoms with Gasteiger partial charge in [-0.1, -0.05) is 0 Å². The molecule has 1 fully saturated rings. The van der Waals surface area contributed by atoms with Gasteiger partial charge in [0, 0.05) is 6.07 Å². The molecule has 0 spiro atoms. The number of carboxylic acids is 1. The van der Waals surface area contributed by atoms with E-state index in [4.69, 9.17) is 0 Å². The van der Waals surface area contributed by atoms with Gasteiger partial charge in [0.25, 0.3) is 0 Å². The molecule has 1 saturated heterocycles. The van der Waals surface area contributed by atoms with E-state index in [1.54, 1.807) is 0 Å². The summed E-state index contributed by atoms with van der Waals surface area (Å²) in [5.74, 6) is -0.974. The van der Waals surface area contributed by atoms with E-state index in [2.05, 4.69) is 4.98 Å². The second kappa shape index (κ2) is 4.36. The third kappa shape index (κ3) is 2.03. The Balaban J connectivity index is 2.39. The fourth-order valence-electron chi connectivity index (χ4n) is 2.08. The largest absolute Gasteiger partial charge is 0.546 e. The highest BCUT2D eigenvalue weighted by Gasteiger charge is 2.37. The lowest BCUT2D eigenvalue weighted by Crippen LogP contribution is -2.46. The maximum atomic E-state index is 10.9. The van der Waals surface area contributed by atoms with Gasteiger partial charge in [0.05, 0.1) is 23.6 Å². The van der Waals surface area contributed by atoms with Crippen molar-refractivity contribution in [3.63, 3.8) is 0 Å². The monoisotopic (exact) mass is 237 g/mol. The normalized spacial score (nSPS) is 19.3. The Kier molecular flexibility index (Phi) is 2.90. The van der Waals surface area contributed by atoms with Crippen molar-refractivity contribution in [2.45, 2.75) is 18.9 Å². The highest BCUT2D eigenvalue weighted by atomic mass is 16.6. The van der Waals surface area contributed by atoms with E-state index in [9.17, 15) is 20.0 Å². The summed E-state index contributed by atoms with van der Waals surface area (Å²) in [6, 6.07) is 2.05. The molecule has 0 saturated carbocycles. The van der Waals surface area contributed by atoms with E-state index in [1.165, 1.54) is 23.2 Å². The van der Waals surface area contributed by atoms with Gasteiger partial charge in [-0.05, 0) is 18.9 Å². The van der Waals surface area contributed by atoms with Crippen molar-refractivity contribution in [3.05, 3.63) is 28.4 Å². The van der Waals surface area contributed by atoms with Crippen molar-refractivity contribution in [1.82, 2.24) is 0 Å². The minimum absolute atomic E-state index is 0.124. The molecule has 17 heavy (non-hydrogen) atoms. The van der Waals surface area contributed by atoms with E-state index in [0.29, 0.717) is 19.4 Å². The van der Waals surface area contributed by atoms with E-state index in [0.717, 1.165) is 0 Å². The number of aromatic amines is 1. The number of carbonyl (C=O) groups is 1. The molecule has 0 aliphatic carbocycles. The maximum Gasteiger partial charge on any atom is 0.357 e. The number of aliphatic carboxylic acids is 1. The van der Waals surface area contributed by atoms with Gasteiger partial charge in [-0.15, -0.1) is 0 Å². The molecular formula is C10H11N3O4. The Bertz CT molecular complexity index is 463. The first-order chi connectivity index (χ1) is 8.11. The lowest BCUT2D eigenvalue weighted by Gasteiger charge is -2.18. The average molecular weight is 237 g/mol. The number of nitro groups is 1. The van der Waals surface area contributed by atoms with Crippen LogP contribution in [-0.4, -0.2) is 23.5 Å². The quantitative estimate of drug-likeness (QED) is 0.502. The molecule has 1 N–H and O–H groups in total. The second-order valence-electron chi connectivity index (χ2n) is 3.83. The van der Waals surface area contributed by atoms with Gasteiger partial charge in [0.2, 0.25) is 0 Å². The van der Waals surface area contributed by atoms with Crippen LogP contribution in [0, 0.1) is 10.1 Å². The molecule has 0 unspecified atom stereocenters. The molecule has 0 aromatic carbocycles. The van der Waals surface area contributed by atoms with Crippen molar-refractivity contribution in [2.75, 3.05) is 11.4 Å². The van der Waals surface area contributed by atoms with Crippen LogP contribution in [0.3, 0.4) is 0 Å². The van der Waals surface area contributed by atoms with Gasteiger partial charge < -0.3 is 9.90 Å². The van der Waals surface area contributed by atoms with Gasteiger partial charge in [0.15, 0.2) is 0 Å². The molecule has 7 heteroatoms. The number of nitrogens with one attached hydrogen (secondary N) is 1. The van der Waals surface area contributed by atoms with Crippen molar-refractivity contribution < 1.29 is 19.8 Å². The van der Waals surface area contributed by atoms with E-state index >= 15 is 0 Å². The zero-order chi connectivity index (χ0) is 12.4. The minimum atomic E-state index is -1.20. The summed E-state index contributed by atoms with van der Waals surface area (Å²) in [4.78, 5) is 25.5. The lowest BCUT2D eigenvalue weighted by molar-refractivity contribution is -0.411. The first kappa shape index (κ1) is 11.3. The molecule has 1 aromatic rings. The fourth-order valence-corrected chi connectivity index (χ4v) is 2.08. The summed E-state index contributed by atoms with van der Waals surface area (Å²) in [7, 11) is 0. The topological polar surface area (TPSA) is 101 Å². The Morgan fingerprint density at radius 2 is 2.35 bits per heavy atom. The molecule has 2 heterocycles. The van der Waals surface area contributed by atoms with Crippen LogP contribution >= 0.6 is 0 Å². The molecule has 0 amide bonds. The van der Waals surface area contributed by atoms with Crippen molar-refractivity contribution in [1.29, 1.82) is 0 Å². The summed E-state index contributed by atoms with van der Waals surface area (Å²) in [6.07, 6.45) is 2.66. The molecule has 1 atom stereocenters. The number of aromatic nitrogens is 1. The Morgan fingerprint density at radius 3 is 3.00 bits per heavy atom. The number of hydrogen-bond acceptors (Lipinski definition) is 5. The summed E-state index contributed by atoms with van der Waals surface area (Å²) in [5.41, 5.74) is -0.124. The molecule has 1 aliphatic heterocycles. The number of carbonyl (C=O) groups excluding carboxylic acids is 1. The molecule has 7 nitrogen and oxygen atoms in total. The van der Waals surface area contributed by atoms with Crippen LogP contribution in [0.5, 0.6) is 0 Å². The zero-order valence-electron chi connectivity index (χ0n) is 8.96. The predicted molar refractivity (Wildman–Crippen MR) is 55.0 cm³/mol. The number of H-pyrrole nitrogens is 1. The summed E-state index contributed by atoms with van der Waals surface area (Å²) in [6.45, 7) is 0.472. The molecule has 1 aliphatic rings. The highest BCUT2D eigenvalue weighted by Crippen LogP contribution is 2.28. The van der Waals surface area contributed by atoms with E-state index in [1.807, 2.05) is 0 Å². The second-order valence-corrected chi connectivity index (χ2v) is 3.83. The van der Waals surface area contributed by atoms with Crippen LogP contribution in [0.15, 0.2) is 18.3 Å². The third-order valence-corrected chi connectivity index (χ3v) is 2.82. The molecule has 0 bridgehead atoms. The Morgan fingerprint density at radius 1 is 1.59 bits per heavy atom. The van der Waals surface area contributed by atoms with Gasteiger partial charge in [-0.2, -0.15) is 0 Å². The van der Waals surface area contributed by atoms with Crippen LogP contribution in [0.1, 0.15) is 12.8 Å². The Hall–Kier alpha value is -2.18. The number of anilines is 1. The number of hydrogen-bond donors (Lipinski definition) is 0.